The van der Waals surface area contributed by atoms with E-state index in [1.165, 1.54) is 18.6 Å². The molecule has 134 valence electrons. The van der Waals surface area contributed by atoms with Crippen LogP contribution in [0.15, 0.2) is 23.8 Å². The first-order chi connectivity index (χ1) is 11.3. The van der Waals surface area contributed by atoms with Crippen molar-refractivity contribution >= 4 is 0 Å². The lowest BCUT2D eigenvalue weighted by molar-refractivity contribution is -0.221. The summed E-state index contributed by atoms with van der Waals surface area (Å²) in [5, 5.41) is 0. The number of allylic oxidation sites excluding steroid dienone is 1. The molecule has 2 nitrogen and oxygen atoms in total. The van der Waals surface area contributed by atoms with Gasteiger partial charge in [-0.2, -0.15) is 13.2 Å². The van der Waals surface area contributed by atoms with E-state index in [0.717, 1.165) is 25.3 Å². The number of ether oxygens (including phenoxy) is 2. The molecule has 0 N–H and O–H groups in total. The summed E-state index contributed by atoms with van der Waals surface area (Å²) >= 11 is 0. The van der Waals surface area contributed by atoms with Crippen molar-refractivity contribution in [2.24, 2.45) is 0 Å². The molecule has 0 saturated heterocycles. The minimum Gasteiger partial charge on any atom is -0.428 e. The van der Waals surface area contributed by atoms with Crippen LogP contribution in [-0.4, -0.2) is 18.8 Å². The lowest BCUT2D eigenvalue weighted by atomic mass is 9.94. The fourth-order valence-corrected chi connectivity index (χ4v) is 2.68. The van der Waals surface area contributed by atoms with E-state index in [-0.39, 0.29) is 11.7 Å². The van der Waals surface area contributed by atoms with Crippen molar-refractivity contribution in [2.45, 2.75) is 58.2 Å². The summed E-state index contributed by atoms with van der Waals surface area (Å²) in [6, 6.07) is 2.17. The number of hydrogen-bond acceptors (Lipinski definition) is 2. The smallest absolute Gasteiger partial charge is 0.422 e. The van der Waals surface area contributed by atoms with E-state index in [9.17, 15) is 17.6 Å². The Morgan fingerprint density at radius 3 is 2.58 bits per heavy atom. The van der Waals surface area contributed by atoms with Crippen LogP contribution in [0.25, 0.3) is 0 Å². The molecule has 0 aliphatic heterocycles. The van der Waals surface area contributed by atoms with Crippen LogP contribution >= 0.6 is 0 Å². The molecule has 1 unspecified atom stereocenters. The quantitative estimate of drug-likeness (QED) is 0.477. The summed E-state index contributed by atoms with van der Waals surface area (Å²) in [7, 11) is 0. The first-order valence-electron chi connectivity index (χ1n) is 8.13. The highest BCUT2D eigenvalue weighted by molar-refractivity contribution is 5.30. The Morgan fingerprint density at radius 1 is 1.21 bits per heavy atom. The van der Waals surface area contributed by atoms with Gasteiger partial charge >= 0.3 is 6.11 Å². The predicted molar refractivity (Wildman–Crippen MR) is 83.3 cm³/mol. The second kappa shape index (κ2) is 8.01. The molecule has 1 aromatic rings. The van der Waals surface area contributed by atoms with Crippen molar-refractivity contribution in [1.29, 1.82) is 0 Å². The van der Waals surface area contributed by atoms with Crippen molar-refractivity contribution in [3.05, 3.63) is 41.0 Å². The van der Waals surface area contributed by atoms with Gasteiger partial charge in [0.1, 0.15) is 0 Å². The van der Waals surface area contributed by atoms with Crippen LogP contribution in [0.5, 0.6) is 5.75 Å². The van der Waals surface area contributed by atoms with E-state index in [4.69, 9.17) is 4.74 Å². The monoisotopic (exact) mass is 346 g/mol. The fraction of sp³-hybridized carbons (Fsp3) is 0.556. The Balaban J connectivity index is 1.89. The first kappa shape index (κ1) is 18.8. The summed E-state index contributed by atoms with van der Waals surface area (Å²) in [6.45, 7) is 2.44. The van der Waals surface area contributed by atoms with E-state index >= 15 is 0 Å². The van der Waals surface area contributed by atoms with Crippen LogP contribution in [0.1, 0.15) is 44.6 Å². The molecule has 1 aliphatic carbocycles. The highest BCUT2D eigenvalue weighted by Crippen LogP contribution is 2.29. The van der Waals surface area contributed by atoms with Gasteiger partial charge in [-0.15, -0.1) is 0 Å². The van der Waals surface area contributed by atoms with Crippen molar-refractivity contribution in [2.75, 3.05) is 6.61 Å². The molecule has 2 rings (SSSR count). The summed E-state index contributed by atoms with van der Waals surface area (Å²) in [5.41, 5.74) is 1.36. The summed E-state index contributed by atoms with van der Waals surface area (Å²) in [4.78, 5) is 0. The molecule has 1 atom stereocenters. The van der Waals surface area contributed by atoms with E-state index in [1.807, 2.05) is 6.08 Å². The van der Waals surface area contributed by atoms with E-state index in [2.05, 4.69) is 11.7 Å². The molecule has 0 aromatic heterocycles. The normalized spacial score (nSPS) is 18.4. The zero-order valence-electron chi connectivity index (χ0n) is 13.9. The van der Waals surface area contributed by atoms with Gasteiger partial charge in [0.25, 0.3) is 0 Å². The van der Waals surface area contributed by atoms with Gasteiger partial charge in [-0.05, 0) is 44.2 Å². The maximum absolute atomic E-state index is 13.8. The predicted octanol–water partition coefficient (Wildman–Crippen LogP) is 5.54. The van der Waals surface area contributed by atoms with Gasteiger partial charge < -0.3 is 9.47 Å². The maximum atomic E-state index is 13.8. The Labute approximate surface area is 139 Å². The number of halogens is 4. The summed E-state index contributed by atoms with van der Waals surface area (Å²) in [6.07, 6.45) is 2.17. The number of rotatable bonds is 7. The van der Waals surface area contributed by atoms with Gasteiger partial charge in [0.15, 0.2) is 18.2 Å². The van der Waals surface area contributed by atoms with Crippen molar-refractivity contribution < 1.29 is 27.0 Å². The minimum atomic E-state index is -3.73. The number of alkyl halides is 2. The van der Waals surface area contributed by atoms with Crippen LogP contribution in [0.3, 0.4) is 0 Å². The topological polar surface area (TPSA) is 18.5 Å². The average molecular weight is 346 g/mol. The number of aryl methyl sites for hydroxylation is 1. The molecule has 6 heteroatoms. The van der Waals surface area contributed by atoms with Crippen molar-refractivity contribution in [3.8, 4) is 5.75 Å². The Morgan fingerprint density at radius 2 is 1.96 bits per heavy atom. The summed E-state index contributed by atoms with van der Waals surface area (Å²) in [5.74, 6) is -3.43. The molecule has 0 bridgehead atoms. The zero-order chi connectivity index (χ0) is 17.7. The molecule has 24 heavy (non-hydrogen) atoms. The van der Waals surface area contributed by atoms with Crippen LogP contribution < -0.4 is 4.74 Å². The lowest BCUT2D eigenvalue weighted by Crippen LogP contribution is -2.34. The third-order valence-electron chi connectivity index (χ3n) is 4.01. The lowest BCUT2D eigenvalue weighted by Gasteiger charge is -2.25. The fourth-order valence-electron chi connectivity index (χ4n) is 2.68. The molecule has 1 aliphatic rings. The van der Waals surface area contributed by atoms with Crippen molar-refractivity contribution in [1.82, 2.24) is 0 Å². The zero-order valence-corrected chi connectivity index (χ0v) is 13.9. The minimum absolute atomic E-state index is 0.0243. The highest BCUT2D eigenvalue weighted by atomic mass is 19.3. The van der Waals surface area contributed by atoms with Gasteiger partial charge in [-0.25, -0.2) is 4.39 Å². The van der Waals surface area contributed by atoms with Crippen LogP contribution in [0, 0.1) is 18.6 Å². The maximum Gasteiger partial charge on any atom is 0.422 e. The standard InChI is InChI=1S/C18H22F4O2/c1-3-4-13-6-8-14(9-7-13)23-11-18(21,22)24-15-10-5-12(2)16(19)17(15)20/h5-6,10,14H,3-4,7-9,11H2,1-2H3. The Bertz CT molecular complexity index is 599. The molecular formula is C18H22F4O2. The van der Waals surface area contributed by atoms with E-state index in [1.54, 1.807) is 0 Å². The third kappa shape index (κ3) is 4.97. The molecule has 0 spiro atoms. The molecule has 1 aromatic carbocycles. The Hall–Kier alpha value is -1.56. The van der Waals surface area contributed by atoms with Gasteiger partial charge in [-0.3, -0.25) is 0 Å². The number of hydrogen-bond donors (Lipinski definition) is 0. The third-order valence-corrected chi connectivity index (χ3v) is 4.01. The second-order valence-corrected chi connectivity index (χ2v) is 6.07. The van der Waals surface area contributed by atoms with Gasteiger partial charge in [0.05, 0.1) is 6.10 Å². The van der Waals surface area contributed by atoms with Crippen LogP contribution in [0.4, 0.5) is 17.6 Å². The molecule has 0 radical (unpaired) electrons. The SMILES string of the molecule is CCCC1=CCC(OCC(F)(F)Oc2ccc(C)c(F)c2F)CC1. The molecular weight excluding hydrogens is 324 g/mol. The highest BCUT2D eigenvalue weighted by Gasteiger charge is 2.35. The van der Waals surface area contributed by atoms with Crippen LogP contribution in [0.2, 0.25) is 0 Å². The van der Waals surface area contributed by atoms with Crippen molar-refractivity contribution in [3.63, 3.8) is 0 Å². The molecule has 0 amide bonds. The molecule has 0 saturated carbocycles. The van der Waals surface area contributed by atoms with Gasteiger partial charge in [0.2, 0.25) is 5.82 Å². The second-order valence-electron chi connectivity index (χ2n) is 6.07. The van der Waals surface area contributed by atoms with Gasteiger partial charge in [-0.1, -0.05) is 31.1 Å². The largest absolute Gasteiger partial charge is 0.428 e. The first-order valence-corrected chi connectivity index (χ1v) is 8.13. The Kier molecular flexibility index (Phi) is 6.27. The van der Waals surface area contributed by atoms with Crippen LogP contribution in [-0.2, 0) is 4.74 Å². The van der Waals surface area contributed by atoms with E-state index < -0.39 is 30.1 Å². The average Bonchev–Trinajstić information content (AvgIpc) is 2.55. The number of benzene rings is 1. The van der Waals surface area contributed by atoms with Gasteiger partial charge in [0, 0.05) is 0 Å². The van der Waals surface area contributed by atoms with E-state index in [0.29, 0.717) is 12.8 Å². The summed E-state index contributed by atoms with van der Waals surface area (Å²) < 4.78 is 64.2. The molecule has 0 fully saturated rings. The molecule has 0 heterocycles.